The predicted molar refractivity (Wildman–Crippen MR) is 85.7 cm³/mol. The average molecular weight is 308 g/mol. The Kier molecular flexibility index (Phi) is 4.83. The summed E-state index contributed by atoms with van der Waals surface area (Å²) in [5.74, 6) is -0.0580. The second kappa shape index (κ2) is 6.43. The first-order valence-electron chi connectivity index (χ1n) is 7.01. The van der Waals surface area contributed by atoms with Crippen LogP contribution in [0.15, 0.2) is 24.4 Å². The summed E-state index contributed by atoms with van der Waals surface area (Å²) >= 11 is 1.68. The van der Waals surface area contributed by atoms with Crippen LogP contribution in [0.5, 0.6) is 5.75 Å². The third-order valence-electron chi connectivity index (χ3n) is 2.89. The van der Waals surface area contributed by atoms with Crippen LogP contribution in [0.25, 0.3) is 0 Å². The zero-order valence-electron chi connectivity index (χ0n) is 12.9. The van der Waals surface area contributed by atoms with Crippen molar-refractivity contribution in [2.45, 2.75) is 39.7 Å². The van der Waals surface area contributed by atoms with Crippen molar-refractivity contribution in [3.8, 4) is 5.75 Å². The Morgan fingerprint density at radius 1 is 1.33 bits per heavy atom. The van der Waals surface area contributed by atoms with Crippen LogP contribution in [0.1, 0.15) is 37.6 Å². The van der Waals surface area contributed by atoms with Crippen molar-refractivity contribution >= 4 is 17.0 Å². The van der Waals surface area contributed by atoms with E-state index in [9.17, 15) is 4.39 Å². The molecule has 0 spiro atoms. The molecule has 5 heteroatoms. The second-order valence-corrected chi connectivity index (χ2v) is 6.93. The van der Waals surface area contributed by atoms with Crippen LogP contribution in [-0.2, 0) is 12.0 Å². The summed E-state index contributed by atoms with van der Waals surface area (Å²) in [5, 5.41) is 4.32. The van der Waals surface area contributed by atoms with Gasteiger partial charge < -0.3 is 10.1 Å². The topological polar surface area (TPSA) is 34.1 Å². The standard InChI is InChI=1S/C16H21FN2OS/c1-5-20-14-7-6-11(8-13(14)17)18-9-12-10-19-15(21-12)16(2,3)4/h6-8,10,18H,5,9H2,1-4H3. The van der Waals surface area contributed by atoms with E-state index in [2.05, 4.69) is 31.1 Å². The molecule has 0 saturated heterocycles. The number of thiazole rings is 1. The molecule has 0 unspecified atom stereocenters. The van der Waals surface area contributed by atoms with Gasteiger partial charge in [0.2, 0.25) is 0 Å². The molecular formula is C16H21FN2OS. The zero-order chi connectivity index (χ0) is 15.5. The van der Waals surface area contributed by atoms with E-state index in [1.54, 1.807) is 17.4 Å². The number of halogens is 1. The van der Waals surface area contributed by atoms with Gasteiger partial charge in [-0.3, -0.25) is 0 Å². The number of anilines is 1. The smallest absolute Gasteiger partial charge is 0.167 e. The number of ether oxygens (including phenoxy) is 1. The lowest BCUT2D eigenvalue weighted by atomic mass is 9.98. The van der Waals surface area contributed by atoms with Gasteiger partial charge in [0.05, 0.1) is 18.2 Å². The Morgan fingerprint density at radius 3 is 2.67 bits per heavy atom. The third kappa shape index (κ3) is 4.17. The van der Waals surface area contributed by atoms with Gasteiger partial charge in [-0.05, 0) is 19.1 Å². The average Bonchev–Trinajstić information content (AvgIpc) is 2.88. The Morgan fingerprint density at radius 2 is 2.10 bits per heavy atom. The number of nitrogens with one attached hydrogen (secondary N) is 1. The molecule has 0 fully saturated rings. The molecule has 0 amide bonds. The van der Waals surface area contributed by atoms with Gasteiger partial charge in [0.15, 0.2) is 11.6 Å². The highest BCUT2D eigenvalue weighted by Gasteiger charge is 2.17. The molecule has 0 saturated carbocycles. The first-order chi connectivity index (χ1) is 9.90. The minimum Gasteiger partial charge on any atom is -0.491 e. The first kappa shape index (κ1) is 15.8. The van der Waals surface area contributed by atoms with Gasteiger partial charge >= 0.3 is 0 Å². The fourth-order valence-corrected chi connectivity index (χ4v) is 2.72. The summed E-state index contributed by atoms with van der Waals surface area (Å²) in [5.41, 5.74) is 0.801. The van der Waals surface area contributed by atoms with Crippen molar-refractivity contribution in [1.82, 2.24) is 4.98 Å². The predicted octanol–water partition coefficient (Wildman–Crippen LogP) is 4.59. The molecule has 1 aromatic carbocycles. The van der Waals surface area contributed by atoms with Crippen LogP contribution in [-0.4, -0.2) is 11.6 Å². The summed E-state index contributed by atoms with van der Waals surface area (Å²) in [6.45, 7) is 9.37. The van der Waals surface area contributed by atoms with Crippen LogP contribution in [0, 0.1) is 5.82 Å². The van der Waals surface area contributed by atoms with E-state index >= 15 is 0 Å². The summed E-state index contributed by atoms with van der Waals surface area (Å²) < 4.78 is 18.9. The Balaban J connectivity index is 2.00. The molecule has 21 heavy (non-hydrogen) atoms. The first-order valence-corrected chi connectivity index (χ1v) is 7.83. The highest BCUT2D eigenvalue weighted by molar-refractivity contribution is 7.11. The number of hydrogen-bond donors (Lipinski definition) is 1. The van der Waals surface area contributed by atoms with Gasteiger partial charge in [-0.2, -0.15) is 0 Å². The zero-order valence-corrected chi connectivity index (χ0v) is 13.7. The van der Waals surface area contributed by atoms with Crippen molar-refractivity contribution in [3.05, 3.63) is 40.1 Å². The van der Waals surface area contributed by atoms with Gasteiger partial charge in [-0.1, -0.05) is 20.8 Å². The van der Waals surface area contributed by atoms with Crippen LogP contribution in [0.2, 0.25) is 0 Å². The largest absolute Gasteiger partial charge is 0.491 e. The van der Waals surface area contributed by atoms with Gasteiger partial charge in [-0.25, -0.2) is 9.37 Å². The number of benzene rings is 1. The Labute approximate surface area is 129 Å². The van der Waals surface area contributed by atoms with Gasteiger partial charge in [0, 0.05) is 28.2 Å². The van der Waals surface area contributed by atoms with Gasteiger partial charge in [0.25, 0.3) is 0 Å². The van der Waals surface area contributed by atoms with Crippen LogP contribution in [0.3, 0.4) is 0 Å². The minimum atomic E-state index is -0.346. The number of rotatable bonds is 5. The quantitative estimate of drug-likeness (QED) is 0.877. The third-order valence-corrected chi connectivity index (χ3v) is 4.32. The van der Waals surface area contributed by atoms with Crippen molar-refractivity contribution < 1.29 is 9.13 Å². The molecule has 1 N–H and O–H groups in total. The fourth-order valence-electron chi connectivity index (χ4n) is 1.81. The molecule has 2 rings (SSSR count). The Bertz CT molecular complexity index is 605. The highest BCUT2D eigenvalue weighted by Crippen LogP contribution is 2.27. The van der Waals surface area contributed by atoms with E-state index in [4.69, 9.17) is 4.74 Å². The molecule has 114 valence electrons. The molecule has 0 aliphatic rings. The maximum Gasteiger partial charge on any atom is 0.167 e. The monoisotopic (exact) mass is 308 g/mol. The van der Waals surface area contributed by atoms with Crippen LogP contribution >= 0.6 is 11.3 Å². The molecular weight excluding hydrogens is 287 g/mol. The van der Waals surface area contributed by atoms with Crippen LogP contribution < -0.4 is 10.1 Å². The summed E-state index contributed by atoms with van der Waals surface area (Å²) in [6, 6.07) is 4.92. The van der Waals surface area contributed by atoms with Crippen molar-refractivity contribution in [3.63, 3.8) is 0 Å². The molecule has 1 aromatic heterocycles. The van der Waals surface area contributed by atoms with E-state index in [1.165, 1.54) is 6.07 Å². The lowest BCUT2D eigenvalue weighted by Crippen LogP contribution is -2.09. The fraction of sp³-hybridized carbons (Fsp3) is 0.438. The summed E-state index contributed by atoms with van der Waals surface area (Å²) in [4.78, 5) is 5.57. The summed E-state index contributed by atoms with van der Waals surface area (Å²) in [6.07, 6.45) is 1.88. The van der Waals surface area contributed by atoms with E-state index < -0.39 is 0 Å². The van der Waals surface area contributed by atoms with Gasteiger partial charge in [-0.15, -0.1) is 11.3 Å². The molecule has 0 radical (unpaired) electrons. The van der Waals surface area contributed by atoms with Crippen LogP contribution in [0.4, 0.5) is 10.1 Å². The van der Waals surface area contributed by atoms with Gasteiger partial charge in [0.1, 0.15) is 0 Å². The normalized spacial score (nSPS) is 11.5. The molecule has 0 aliphatic carbocycles. The molecule has 0 bridgehead atoms. The Hall–Kier alpha value is -1.62. The van der Waals surface area contributed by atoms with E-state index in [-0.39, 0.29) is 17.0 Å². The van der Waals surface area contributed by atoms with E-state index in [1.807, 2.05) is 19.2 Å². The van der Waals surface area contributed by atoms with Crippen molar-refractivity contribution in [2.24, 2.45) is 0 Å². The maximum absolute atomic E-state index is 13.7. The molecule has 1 heterocycles. The molecule has 3 nitrogen and oxygen atoms in total. The lowest BCUT2D eigenvalue weighted by Gasteiger charge is -2.13. The van der Waals surface area contributed by atoms with E-state index in [0.29, 0.717) is 13.2 Å². The number of aromatic nitrogens is 1. The second-order valence-electron chi connectivity index (χ2n) is 5.81. The van der Waals surface area contributed by atoms with Crippen molar-refractivity contribution in [1.29, 1.82) is 0 Å². The lowest BCUT2D eigenvalue weighted by molar-refractivity contribution is 0.321. The van der Waals surface area contributed by atoms with Crippen molar-refractivity contribution in [2.75, 3.05) is 11.9 Å². The molecule has 0 aliphatic heterocycles. The molecule has 0 atom stereocenters. The number of nitrogens with zero attached hydrogens (tertiary/aromatic N) is 1. The summed E-state index contributed by atoms with van der Waals surface area (Å²) in [7, 11) is 0. The minimum absolute atomic E-state index is 0.0637. The van der Waals surface area contributed by atoms with E-state index in [0.717, 1.165) is 15.6 Å². The SMILES string of the molecule is CCOc1ccc(NCc2cnc(C(C)(C)C)s2)cc1F. The maximum atomic E-state index is 13.7. The highest BCUT2D eigenvalue weighted by atomic mass is 32.1. The number of hydrogen-bond acceptors (Lipinski definition) is 4. The molecule has 2 aromatic rings.